The minimum atomic E-state index is -3.28. The van der Waals surface area contributed by atoms with Crippen molar-refractivity contribution in [3.8, 4) is 5.75 Å². The third kappa shape index (κ3) is 7.10. The molecule has 0 heterocycles. The van der Waals surface area contributed by atoms with Crippen molar-refractivity contribution in [2.24, 2.45) is 0 Å². The smallest absolute Gasteiger partial charge is 0.214 e. The molecule has 2 N–H and O–H groups in total. The van der Waals surface area contributed by atoms with Gasteiger partial charge < -0.3 is 4.74 Å². The number of sulfonamides is 2. The van der Waals surface area contributed by atoms with Gasteiger partial charge >= 0.3 is 0 Å². The Labute approximate surface area is 161 Å². The second kappa shape index (κ2) is 9.01. The summed E-state index contributed by atoms with van der Waals surface area (Å²) in [5.41, 5.74) is 1.04. The van der Waals surface area contributed by atoms with Crippen LogP contribution in [0.15, 0.2) is 36.4 Å². The monoisotopic (exact) mass is 414 g/mol. The lowest BCUT2D eigenvalue weighted by Gasteiger charge is -2.11. The van der Waals surface area contributed by atoms with Gasteiger partial charge in [0.05, 0.1) is 11.5 Å². The molecule has 0 aromatic heterocycles. The summed E-state index contributed by atoms with van der Waals surface area (Å²) < 4.78 is 56.2. The van der Waals surface area contributed by atoms with E-state index in [0.29, 0.717) is 18.7 Å². The lowest BCUT2D eigenvalue weighted by Crippen LogP contribution is -2.33. The zero-order valence-corrected chi connectivity index (χ0v) is 17.4. The van der Waals surface area contributed by atoms with Crippen LogP contribution < -0.4 is 14.2 Å². The van der Waals surface area contributed by atoms with Gasteiger partial charge in [-0.25, -0.2) is 26.3 Å². The van der Waals surface area contributed by atoms with Gasteiger partial charge in [0, 0.05) is 13.1 Å². The summed E-state index contributed by atoms with van der Waals surface area (Å²) in [4.78, 5) is 0. The van der Waals surface area contributed by atoms with Gasteiger partial charge in [-0.3, -0.25) is 0 Å². The fourth-order valence-electron chi connectivity index (χ4n) is 2.42. The van der Waals surface area contributed by atoms with E-state index in [1.54, 1.807) is 13.8 Å². The number of benzene rings is 2. The second-order valence-corrected chi connectivity index (χ2v) is 10.8. The van der Waals surface area contributed by atoms with E-state index in [-0.39, 0.29) is 13.2 Å². The van der Waals surface area contributed by atoms with Crippen molar-refractivity contribution >= 4 is 30.8 Å². The van der Waals surface area contributed by atoms with Crippen LogP contribution >= 0.6 is 0 Å². The molecule has 0 atom stereocenters. The molecule has 0 spiro atoms. The minimum Gasteiger partial charge on any atom is -0.492 e. The Balaban J connectivity index is 1.92. The molecule has 0 aliphatic carbocycles. The highest BCUT2D eigenvalue weighted by atomic mass is 32.2. The van der Waals surface area contributed by atoms with Gasteiger partial charge in [0.1, 0.15) is 12.4 Å². The van der Waals surface area contributed by atoms with E-state index >= 15 is 0 Å². The molecule has 27 heavy (non-hydrogen) atoms. The number of ether oxygens (including phenoxy) is 1. The molecule has 0 bridgehead atoms. The van der Waals surface area contributed by atoms with Crippen molar-refractivity contribution in [1.82, 2.24) is 9.44 Å². The molecule has 0 radical (unpaired) electrons. The fourth-order valence-corrected chi connectivity index (χ4v) is 3.59. The van der Waals surface area contributed by atoms with Crippen LogP contribution in [-0.2, 0) is 26.5 Å². The summed E-state index contributed by atoms with van der Waals surface area (Å²) in [6.45, 7) is 4.06. The number of hydrogen-bond acceptors (Lipinski definition) is 5. The first-order valence-electron chi connectivity index (χ1n) is 8.65. The summed E-state index contributed by atoms with van der Waals surface area (Å²) in [5, 5.41) is 1.55. The quantitative estimate of drug-likeness (QED) is 0.576. The number of fused-ring (bicyclic) bond motifs is 1. The normalized spacial score (nSPS) is 12.6. The molecule has 9 heteroatoms. The van der Waals surface area contributed by atoms with Crippen LogP contribution in [0.5, 0.6) is 5.75 Å². The highest BCUT2D eigenvalue weighted by Gasteiger charge is 2.14. The lowest BCUT2D eigenvalue weighted by atomic mass is 10.0. The van der Waals surface area contributed by atoms with Crippen molar-refractivity contribution < 1.29 is 21.6 Å². The van der Waals surface area contributed by atoms with Crippen LogP contribution in [0.3, 0.4) is 0 Å². The third-order valence-electron chi connectivity index (χ3n) is 3.95. The van der Waals surface area contributed by atoms with Gasteiger partial charge in [0.25, 0.3) is 0 Å². The molecule has 0 aliphatic heterocycles. The summed E-state index contributed by atoms with van der Waals surface area (Å²) in [6.07, 6.45) is 1.75. The Morgan fingerprint density at radius 1 is 0.926 bits per heavy atom. The van der Waals surface area contributed by atoms with Crippen LogP contribution in [0.2, 0.25) is 0 Å². The van der Waals surface area contributed by atoms with Gasteiger partial charge in [-0.2, -0.15) is 0 Å². The maximum absolute atomic E-state index is 11.7. The first-order valence-corrected chi connectivity index (χ1v) is 12.1. The molecule has 150 valence electrons. The number of rotatable bonds is 10. The summed E-state index contributed by atoms with van der Waals surface area (Å²) >= 11 is 0. The molecule has 0 aliphatic rings. The number of hydrogen-bond donors (Lipinski definition) is 2. The predicted octanol–water partition coefficient (Wildman–Crippen LogP) is 1.64. The van der Waals surface area contributed by atoms with Gasteiger partial charge in [-0.05, 0) is 48.7 Å². The van der Waals surface area contributed by atoms with Crippen LogP contribution in [0.25, 0.3) is 10.8 Å². The van der Waals surface area contributed by atoms with Crippen molar-refractivity contribution in [1.29, 1.82) is 0 Å². The van der Waals surface area contributed by atoms with E-state index < -0.39 is 25.3 Å². The maximum atomic E-state index is 11.7. The molecule has 0 amide bonds. The number of nitrogens with one attached hydrogen (secondary N) is 2. The molecule has 2 aromatic carbocycles. The van der Waals surface area contributed by atoms with Crippen molar-refractivity contribution in [2.75, 3.05) is 26.0 Å². The zero-order valence-electron chi connectivity index (χ0n) is 15.7. The summed E-state index contributed by atoms with van der Waals surface area (Å²) in [5.74, 6) is 0.665. The van der Waals surface area contributed by atoms with Crippen molar-refractivity contribution in [3.05, 3.63) is 42.0 Å². The van der Waals surface area contributed by atoms with Gasteiger partial charge in [0.2, 0.25) is 20.0 Å². The predicted molar refractivity (Wildman–Crippen MR) is 108 cm³/mol. The molecule has 0 saturated heterocycles. The summed E-state index contributed by atoms with van der Waals surface area (Å²) in [6, 6.07) is 11.6. The molecule has 7 nitrogen and oxygen atoms in total. The maximum Gasteiger partial charge on any atom is 0.214 e. The topological polar surface area (TPSA) is 102 Å². The highest BCUT2D eigenvalue weighted by molar-refractivity contribution is 7.90. The molecular formula is C18H26N2O5S2. The van der Waals surface area contributed by atoms with Crippen LogP contribution in [0.1, 0.15) is 19.4 Å². The van der Waals surface area contributed by atoms with E-state index in [4.69, 9.17) is 4.74 Å². The van der Waals surface area contributed by atoms with E-state index in [1.165, 1.54) is 0 Å². The SMILES string of the molecule is CC(C)S(=O)(=O)NCCOc1ccc2cc(CCNS(C)(=O)=O)ccc2c1. The largest absolute Gasteiger partial charge is 0.492 e. The standard InChI is InChI=1S/C18H26N2O5S2/c1-14(2)27(23,24)20-10-11-25-18-7-6-16-12-15(4-5-17(16)13-18)8-9-19-26(3,21)22/h4-7,12-14,19-20H,8-11H2,1-3H3. The van der Waals surface area contributed by atoms with Crippen LogP contribution in [-0.4, -0.2) is 48.0 Å². The molecule has 0 saturated carbocycles. The van der Waals surface area contributed by atoms with E-state index in [2.05, 4.69) is 9.44 Å². The lowest BCUT2D eigenvalue weighted by molar-refractivity contribution is 0.323. The van der Waals surface area contributed by atoms with Crippen molar-refractivity contribution in [2.45, 2.75) is 25.5 Å². The average Bonchev–Trinajstić information content (AvgIpc) is 2.57. The Morgan fingerprint density at radius 3 is 2.26 bits per heavy atom. The minimum absolute atomic E-state index is 0.213. The Hall–Kier alpha value is -1.68. The van der Waals surface area contributed by atoms with Crippen LogP contribution in [0, 0.1) is 0 Å². The molecular weight excluding hydrogens is 388 g/mol. The molecule has 0 unspecified atom stereocenters. The Morgan fingerprint density at radius 2 is 1.59 bits per heavy atom. The van der Waals surface area contributed by atoms with E-state index in [9.17, 15) is 16.8 Å². The van der Waals surface area contributed by atoms with Crippen molar-refractivity contribution in [3.63, 3.8) is 0 Å². The third-order valence-corrected chi connectivity index (χ3v) is 6.52. The Bertz CT molecular complexity index is 986. The van der Waals surface area contributed by atoms with Crippen LogP contribution in [0.4, 0.5) is 0 Å². The second-order valence-electron chi connectivity index (χ2n) is 6.60. The highest BCUT2D eigenvalue weighted by Crippen LogP contribution is 2.22. The molecule has 0 fully saturated rings. The fraction of sp³-hybridized carbons (Fsp3) is 0.444. The first kappa shape index (κ1) is 21.6. The van der Waals surface area contributed by atoms with E-state index in [0.717, 1.165) is 22.6 Å². The van der Waals surface area contributed by atoms with Gasteiger partial charge in [-0.15, -0.1) is 0 Å². The van der Waals surface area contributed by atoms with Gasteiger partial charge in [-0.1, -0.05) is 24.3 Å². The first-order chi connectivity index (χ1) is 12.6. The summed E-state index contributed by atoms with van der Waals surface area (Å²) in [7, 11) is -6.46. The Kier molecular flexibility index (Phi) is 7.21. The molecule has 2 rings (SSSR count). The molecule has 2 aromatic rings. The average molecular weight is 415 g/mol. The van der Waals surface area contributed by atoms with E-state index in [1.807, 2.05) is 36.4 Å². The zero-order chi connectivity index (χ0) is 20.1. The van der Waals surface area contributed by atoms with Gasteiger partial charge in [0.15, 0.2) is 0 Å².